The van der Waals surface area contributed by atoms with Gasteiger partial charge in [-0.1, -0.05) is 46.5 Å². The zero-order chi connectivity index (χ0) is 30.2. The summed E-state index contributed by atoms with van der Waals surface area (Å²) in [6, 6.07) is 0. The maximum Gasteiger partial charge on any atom is 0.190 e. The molecule has 41 heavy (non-hydrogen) atoms. The summed E-state index contributed by atoms with van der Waals surface area (Å²) in [5.41, 5.74) is 0. The standard InChI is InChI=1S/C24H44O6S11/c25-5-11-34-18-36-20-39-23(28)3-8-31-7-1-16-41(30)17-15-33-13-14-38-22(27)2-9-32-10-4-24(29)40-21-37-19-35-12-6-26/h25-26H,1-21H2. The quantitative estimate of drug-likeness (QED) is 0.0485. The molecule has 0 aromatic rings. The average Bonchev–Trinajstić information content (AvgIpc) is 2.96. The molecule has 1 unspecified atom stereocenters. The van der Waals surface area contributed by atoms with Gasteiger partial charge in [0.1, 0.15) is 11.5 Å². The summed E-state index contributed by atoms with van der Waals surface area (Å²) < 4.78 is 12.2. The van der Waals surface area contributed by atoms with Gasteiger partial charge in [-0.15, -0.1) is 47.0 Å². The number of thioether (sulfide) groups is 10. The molecule has 242 valence electrons. The molecule has 1 atom stereocenters. The van der Waals surface area contributed by atoms with Crippen LogP contribution in [-0.4, -0.2) is 127 Å². The number of carbonyl (C=O) groups excluding carboxylic acids is 3. The van der Waals surface area contributed by atoms with Crippen LogP contribution in [0.2, 0.25) is 0 Å². The monoisotopic (exact) mass is 780 g/mol. The van der Waals surface area contributed by atoms with E-state index in [0.29, 0.717) is 30.8 Å². The summed E-state index contributed by atoms with van der Waals surface area (Å²) in [5.74, 6) is 8.63. The molecule has 0 aromatic heterocycles. The van der Waals surface area contributed by atoms with E-state index in [2.05, 4.69) is 0 Å². The number of hydrogen-bond acceptors (Lipinski definition) is 16. The fourth-order valence-electron chi connectivity index (χ4n) is 2.43. The van der Waals surface area contributed by atoms with Crippen molar-refractivity contribution in [2.24, 2.45) is 0 Å². The first-order valence-electron chi connectivity index (χ1n) is 13.1. The SMILES string of the molecule is O=C(CCSCCC(=O)SCSCSCCO)SCCSCC[S+]([O-])CCCSCCC(=O)SCSCSCCO. The van der Waals surface area contributed by atoms with Crippen molar-refractivity contribution in [2.75, 3.05) is 96.8 Å². The van der Waals surface area contributed by atoms with Crippen LogP contribution in [0.5, 0.6) is 0 Å². The van der Waals surface area contributed by atoms with Gasteiger partial charge in [0.15, 0.2) is 15.3 Å². The lowest BCUT2D eigenvalue weighted by molar-refractivity contribution is -0.111. The van der Waals surface area contributed by atoms with Crippen LogP contribution < -0.4 is 0 Å². The van der Waals surface area contributed by atoms with Crippen molar-refractivity contribution >= 4 is 144 Å². The summed E-state index contributed by atoms with van der Waals surface area (Å²) in [5, 5.41) is 21.4. The minimum atomic E-state index is -0.809. The van der Waals surface area contributed by atoms with Gasteiger partial charge in [-0.2, -0.15) is 35.3 Å². The molecule has 0 bridgehead atoms. The second-order valence-corrected chi connectivity index (χ2v) is 21.9. The van der Waals surface area contributed by atoms with Crippen LogP contribution >= 0.6 is 118 Å². The Morgan fingerprint density at radius 2 is 0.976 bits per heavy atom. The van der Waals surface area contributed by atoms with Gasteiger partial charge in [0.25, 0.3) is 0 Å². The molecule has 0 fully saturated rings. The molecule has 0 aliphatic heterocycles. The van der Waals surface area contributed by atoms with Gasteiger partial charge in [-0.3, -0.25) is 14.4 Å². The lowest BCUT2D eigenvalue weighted by Crippen LogP contribution is -2.14. The highest BCUT2D eigenvalue weighted by Gasteiger charge is 2.09. The minimum absolute atomic E-state index is 0.194. The van der Waals surface area contributed by atoms with E-state index in [4.69, 9.17) is 10.2 Å². The van der Waals surface area contributed by atoms with Gasteiger partial charge in [-0.25, -0.2) is 0 Å². The third-order valence-electron chi connectivity index (χ3n) is 4.37. The fourth-order valence-corrected chi connectivity index (χ4v) is 14.2. The lowest BCUT2D eigenvalue weighted by Gasteiger charge is -2.10. The Labute approximate surface area is 293 Å². The van der Waals surface area contributed by atoms with Crippen molar-refractivity contribution in [3.8, 4) is 0 Å². The Kier molecular flexibility index (Phi) is 38.0. The highest BCUT2D eigenvalue weighted by Crippen LogP contribution is 2.21. The van der Waals surface area contributed by atoms with Crippen molar-refractivity contribution < 1.29 is 29.1 Å². The van der Waals surface area contributed by atoms with Crippen LogP contribution in [0.15, 0.2) is 0 Å². The molecule has 0 rings (SSSR count). The first-order chi connectivity index (χ1) is 20.0. The second kappa shape index (κ2) is 35.6. The highest BCUT2D eigenvalue weighted by molar-refractivity contribution is 8.27. The third-order valence-corrected chi connectivity index (χ3v) is 17.2. The Morgan fingerprint density at radius 3 is 1.51 bits per heavy atom. The van der Waals surface area contributed by atoms with Crippen molar-refractivity contribution in [3.63, 3.8) is 0 Å². The largest absolute Gasteiger partial charge is 0.616 e. The second-order valence-electron chi connectivity index (χ2n) is 7.69. The van der Waals surface area contributed by atoms with Gasteiger partial charge >= 0.3 is 0 Å². The Balaban J connectivity index is 3.41. The van der Waals surface area contributed by atoms with Gasteiger partial charge in [-0.05, 0) is 5.75 Å². The molecule has 6 nitrogen and oxygen atoms in total. The molecule has 0 aliphatic carbocycles. The Bertz CT molecular complexity index is 637. The van der Waals surface area contributed by atoms with Crippen molar-refractivity contribution in [3.05, 3.63) is 0 Å². The molecule has 0 radical (unpaired) electrons. The molecule has 0 spiro atoms. The summed E-state index contributed by atoms with van der Waals surface area (Å²) in [7, 11) is 0. The Morgan fingerprint density at radius 1 is 0.488 bits per heavy atom. The van der Waals surface area contributed by atoms with E-state index >= 15 is 0 Å². The third kappa shape index (κ3) is 35.4. The van der Waals surface area contributed by atoms with E-state index in [1.165, 1.54) is 35.3 Å². The summed E-state index contributed by atoms with van der Waals surface area (Å²) in [6.07, 6.45) is 2.54. The molecule has 0 aliphatic rings. The van der Waals surface area contributed by atoms with Crippen LogP contribution in [0, 0.1) is 0 Å². The predicted octanol–water partition coefficient (Wildman–Crippen LogP) is 6.02. The van der Waals surface area contributed by atoms with Gasteiger partial charge < -0.3 is 14.8 Å². The predicted molar refractivity (Wildman–Crippen MR) is 205 cm³/mol. The molecule has 0 heterocycles. The van der Waals surface area contributed by atoms with Crippen molar-refractivity contribution in [1.29, 1.82) is 0 Å². The average molecular weight is 781 g/mol. The maximum atomic E-state index is 12.2. The summed E-state index contributed by atoms with van der Waals surface area (Å²) in [4.78, 5) is 35.7. The maximum absolute atomic E-state index is 12.2. The number of carbonyl (C=O) groups is 3. The molecule has 17 heteroatoms. The van der Waals surface area contributed by atoms with E-state index in [9.17, 15) is 18.9 Å². The number of hydrogen-bond donors (Lipinski definition) is 2. The first-order valence-corrected chi connectivity index (χ1v) is 25.6. The van der Waals surface area contributed by atoms with Gasteiger partial charge in [0, 0.05) is 92.0 Å². The number of aliphatic hydroxyl groups is 2. The van der Waals surface area contributed by atoms with Crippen LogP contribution in [-0.2, 0) is 25.6 Å². The van der Waals surface area contributed by atoms with Crippen LogP contribution in [0.1, 0.15) is 25.7 Å². The van der Waals surface area contributed by atoms with Crippen molar-refractivity contribution in [2.45, 2.75) is 25.7 Å². The van der Waals surface area contributed by atoms with Gasteiger partial charge in [0.2, 0.25) is 0 Å². The van der Waals surface area contributed by atoms with E-state index in [-0.39, 0.29) is 28.6 Å². The molecule has 0 saturated heterocycles. The summed E-state index contributed by atoms with van der Waals surface area (Å²) in [6.45, 7) is 0.394. The molecule has 2 N–H and O–H groups in total. The van der Waals surface area contributed by atoms with Crippen molar-refractivity contribution in [1.82, 2.24) is 0 Å². The smallest absolute Gasteiger partial charge is 0.190 e. The first kappa shape index (κ1) is 43.7. The fraction of sp³-hybridized carbons (Fsp3) is 0.875. The van der Waals surface area contributed by atoms with E-state index in [1.54, 1.807) is 82.3 Å². The molecule has 0 aromatic carbocycles. The molecular weight excluding hydrogens is 737 g/mol. The number of aliphatic hydroxyl groups excluding tert-OH is 2. The topological polar surface area (TPSA) is 115 Å². The zero-order valence-electron chi connectivity index (χ0n) is 23.4. The lowest BCUT2D eigenvalue weighted by atomic mass is 10.5. The van der Waals surface area contributed by atoms with Gasteiger partial charge in [0.05, 0.1) is 13.2 Å². The molecule has 0 saturated carbocycles. The Hall–Kier alpha value is 2.74. The minimum Gasteiger partial charge on any atom is -0.616 e. The van der Waals surface area contributed by atoms with Crippen LogP contribution in [0.4, 0.5) is 0 Å². The summed E-state index contributed by atoms with van der Waals surface area (Å²) >= 11 is 15.2. The normalized spacial score (nSPS) is 12.1. The number of rotatable bonds is 31. The molecule has 0 amide bonds. The van der Waals surface area contributed by atoms with E-state index in [1.807, 2.05) is 0 Å². The van der Waals surface area contributed by atoms with E-state index in [0.717, 1.165) is 78.5 Å². The van der Waals surface area contributed by atoms with Crippen LogP contribution in [0.25, 0.3) is 0 Å². The highest BCUT2D eigenvalue weighted by atomic mass is 32.2. The van der Waals surface area contributed by atoms with E-state index < -0.39 is 11.2 Å². The zero-order valence-corrected chi connectivity index (χ0v) is 32.3. The molecular formula is C24H44O6S11. The van der Waals surface area contributed by atoms with Crippen LogP contribution in [0.3, 0.4) is 0 Å².